The lowest BCUT2D eigenvalue weighted by atomic mass is 9.99. The Balaban J connectivity index is 1.64. The van der Waals surface area contributed by atoms with Crippen molar-refractivity contribution >= 4 is 5.97 Å². The fourth-order valence-corrected chi connectivity index (χ4v) is 2.42. The molecule has 1 aliphatic heterocycles. The van der Waals surface area contributed by atoms with Gasteiger partial charge < -0.3 is 14.2 Å². The number of hydrogen-bond acceptors (Lipinski definition) is 4. The van der Waals surface area contributed by atoms with Crippen molar-refractivity contribution in [3.05, 3.63) is 54.1 Å². The molecule has 3 rings (SSSR count). The predicted octanol–water partition coefficient (Wildman–Crippen LogP) is 3.95. The van der Waals surface area contributed by atoms with Crippen LogP contribution in [0, 0.1) is 0 Å². The first kappa shape index (κ1) is 15.4. The molecule has 0 saturated carbocycles. The third-order valence-electron chi connectivity index (χ3n) is 4.05. The molecule has 0 aromatic heterocycles. The van der Waals surface area contributed by atoms with E-state index in [0.717, 1.165) is 6.42 Å². The molecule has 1 aliphatic rings. The van der Waals surface area contributed by atoms with E-state index in [1.165, 1.54) is 5.56 Å². The highest BCUT2D eigenvalue weighted by atomic mass is 16.6. The topological polar surface area (TPSA) is 44.8 Å². The van der Waals surface area contributed by atoms with Crippen LogP contribution in [0.1, 0.15) is 31.7 Å². The van der Waals surface area contributed by atoms with Crippen LogP contribution in [0.2, 0.25) is 0 Å². The van der Waals surface area contributed by atoms with Crippen LogP contribution < -0.4 is 14.2 Å². The first-order chi connectivity index (χ1) is 11.2. The molecule has 0 amide bonds. The summed E-state index contributed by atoms with van der Waals surface area (Å²) in [7, 11) is 0. The molecule has 0 spiro atoms. The van der Waals surface area contributed by atoms with Crippen LogP contribution in [-0.2, 0) is 4.79 Å². The van der Waals surface area contributed by atoms with E-state index >= 15 is 0 Å². The molecule has 0 fully saturated rings. The summed E-state index contributed by atoms with van der Waals surface area (Å²) in [4.78, 5) is 12.2. The maximum atomic E-state index is 12.2. The van der Waals surface area contributed by atoms with Gasteiger partial charge in [0, 0.05) is 0 Å². The van der Waals surface area contributed by atoms with Crippen molar-refractivity contribution in [2.24, 2.45) is 0 Å². The summed E-state index contributed by atoms with van der Waals surface area (Å²) in [6, 6.07) is 14.9. The van der Waals surface area contributed by atoms with Crippen molar-refractivity contribution in [3.8, 4) is 17.2 Å². The smallest absolute Gasteiger partial charge is 0.356 e. The van der Waals surface area contributed by atoms with Gasteiger partial charge in [-0.2, -0.15) is 0 Å². The van der Waals surface area contributed by atoms with Gasteiger partial charge in [0.05, 0.1) is 0 Å². The Morgan fingerprint density at radius 2 is 1.87 bits per heavy atom. The highest BCUT2D eigenvalue weighted by Gasteiger charge is 2.29. The van der Waals surface area contributed by atoms with Crippen LogP contribution in [-0.4, -0.2) is 18.7 Å². The zero-order valence-corrected chi connectivity index (χ0v) is 13.3. The summed E-state index contributed by atoms with van der Waals surface area (Å²) in [6.07, 6.45) is 0.324. The molecule has 2 atom stereocenters. The predicted molar refractivity (Wildman–Crippen MR) is 87.1 cm³/mol. The van der Waals surface area contributed by atoms with Crippen molar-refractivity contribution in [2.75, 3.05) is 6.61 Å². The number of ether oxygens (including phenoxy) is 3. The molecule has 4 heteroatoms. The second kappa shape index (κ2) is 6.73. The number of fused-ring (bicyclic) bond motifs is 1. The summed E-state index contributed by atoms with van der Waals surface area (Å²) in [5.74, 6) is 1.77. The Bertz CT molecular complexity index is 678. The van der Waals surface area contributed by atoms with Gasteiger partial charge in [-0.05, 0) is 42.2 Å². The Morgan fingerprint density at radius 3 is 2.57 bits per heavy atom. The number of carbonyl (C=O) groups excluding carboxylic acids is 1. The zero-order chi connectivity index (χ0) is 16.2. The summed E-state index contributed by atoms with van der Waals surface area (Å²) < 4.78 is 16.6. The van der Waals surface area contributed by atoms with Crippen LogP contribution in [0.4, 0.5) is 0 Å². The van der Waals surface area contributed by atoms with Gasteiger partial charge in [0.25, 0.3) is 0 Å². The van der Waals surface area contributed by atoms with Crippen molar-refractivity contribution in [2.45, 2.75) is 32.3 Å². The van der Waals surface area contributed by atoms with Crippen LogP contribution in [0.3, 0.4) is 0 Å². The molecular formula is C19H20O4. The lowest BCUT2D eigenvalue weighted by molar-refractivity contribution is -0.144. The summed E-state index contributed by atoms with van der Waals surface area (Å²) in [5.41, 5.74) is 1.23. The van der Waals surface area contributed by atoms with Gasteiger partial charge in [-0.1, -0.05) is 38.1 Å². The normalized spacial score (nSPS) is 17.4. The molecule has 4 nitrogen and oxygen atoms in total. The van der Waals surface area contributed by atoms with Crippen LogP contribution in [0.15, 0.2) is 48.5 Å². The fourth-order valence-electron chi connectivity index (χ4n) is 2.42. The molecule has 1 heterocycles. The van der Waals surface area contributed by atoms with E-state index in [0.29, 0.717) is 23.2 Å². The van der Waals surface area contributed by atoms with Crippen molar-refractivity contribution in [1.82, 2.24) is 0 Å². The molecular weight excluding hydrogens is 292 g/mol. The summed E-state index contributed by atoms with van der Waals surface area (Å²) in [5, 5.41) is 0. The van der Waals surface area contributed by atoms with Gasteiger partial charge in [-0.25, -0.2) is 4.79 Å². The number of carbonyl (C=O) groups is 1. The Kier molecular flexibility index (Phi) is 4.51. The molecule has 0 unspecified atom stereocenters. The van der Waals surface area contributed by atoms with E-state index in [1.54, 1.807) is 6.07 Å². The molecule has 0 saturated heterocycles. The van der Waals surface area contributed by atoms with E-state index < -0.39 is 12.1 Å². The van der Waals surface area contributed by atoms with Gasteiger partial charge in [0.2, 0.25) is 6.10 Å². The van der Waals surface area contributed by atoms with Crippen LogP contribution in [0.5, 0.6) is 17.2 Å². The maximum absolute atomic E-state index is 12.2. The molecule has 2 aromatic carbocycles. The molecule has 0 bridgehead atoms. The Morgan fingerprint density at radius 1 is 1.17 bits per heavy atom. The minimum absolute atomic E-state index is 0.154. The minimum Gasteiger partial charge on any atom is -0.485 e. The van der Waals surface area contributed by atoms with Gasteiger partial charge in [0.1, 0.15) is 12.4 Å². The Labute approximate surface area is 136 Å². The molecule has 0 radical (unpaired) electrons. The van der Waals surface area contributed by atoms with Crippen molar-refractivity contribution in [1.29, 1.82) is 0 Å². The van der Waals surface area contributed by atoms with Gasteiger partial charge >= 0.3 is 5.97 Å². The number of rotatable bonds is 4. The second-order valence-corrected chi connectivity index (χ2v) is 5.66. The molecule has 0 aliphatic carbocycles. The number of benzene rings is 2. The highest BCUT2D eigenvalue weighted by molar-refractivity contribution is 5.78. The maximum Gasteiger partial charge on any atom is 0.356 e. The minimum atomic E-state index is -0.751. The lowest BCUT2D eigenvalue weighted by Gasteiger charge is -2.24. The van der Waals surface area contributed by atoms with Gasteiger partial charge in [-0.15, -0.1) is 0 Å². The zero-order valence-electron chi connectivity index (χ0n) is 13.3. The highest BCUT2D eigenvalue weighted by Crippen LogP contribution is 2.31. The molecule has 2 aromatic rings. The Hall–Kier alpha value is -2.49. The van der Waals surface area contributed by atoms with E-state index in [1.807, 2.05) is 42.5 Å². The first-order valence-electron chi connectivity index (χ1n) is 7.87. The number of para-hydroxylation sites is 2. The average molecular weight is 312 g/mol. The quantitative estimate of drug-likeness (QED) is 0.633. The number of hydrogen-bond donors (Lipinski definition) is 0. The van der Waals surface area contributed by atoms with E-state index in [9.17, 15) is 4.79 Å². The third-order valence-corrected chi connectivity index (χ3v) is 4.05. The third kappa shape index (κ3) is 3.47. The van der Waals surface area contributed by atoms with Crippen LogP contribution in [0.25, 0.3) is 0 Å². The van der Waals surface area contributed by atoms with E-state index in [4.69, 9.17) is 14.2 Å². The molecule has 0 N–H and O–H groups in total. The van der Waals surface area contributed by atoms with Crippen molar-refractivity contribution < 1.29 is 19.0 Å². The second-order valence-electron chi connectivity index (χ2n) is 5.66. The molecule has 120 valence electrons. The van der Waals surface area contributed by atoms with Gasteiger partial charge in [-0.3, -0.25) is 0 Å². The lowest BCUT2D eigenvalue weighted by Crippen LogP contribution is -2.39. The largest absolute Gasteiger partial charge is 0.485 e. The van der Waals surface area contributed by atoms with E-state index in [2.05, 4.69) is 13.8 Å². The standard InChI is InChI=1S/C19H20O4/c1-3-13(2)14-8-10-15(11-9-14)22-19(20)18-12-21-16-6-4-5-7-17(16)23-18/h4-11,13,18H,3,12H2,1-2H3/t13-,18+/m1/s1. The first-order valence-corrected chi connectivity index (χ1v) is 7.87. The SMILES string of the molecule is CC[C@@H](C)c1ccc(OC(=O)[C@@H]2COc3ccccc3O2)cc1. The molecule has 23 heavy (non-hydrogen) atoms. The summed E-state index contributed by atoms with van der Waals surface area (Å²) in [6.45, 7) is 4.48. The van der Waals surface area contributed by atoms with Gasteiger partial charge in [0.15, 0.2) is 11.5 Å². The van der Waals surface area contributed by atoms with Crippen molar-refractivity contribution in [3.63, 3.8) is 0 Å². The fraction of sp³-hybridized carbons (Fsp3) is 0.316. The average Bonchev–Trinajstić information content (AvgIpc) is 2.61. The van der Waals surface area contributed by atoms with E-state index in [-0.39, 0.29) is 6.61 Å². The number of esters is 1. The van der Waals surface area contributed by atoms with Crippen LogP contribution >= 0.6 is 0 Å². The summed E-state index contributed by atoms with van der Waals surface area (Å²) >= 11 is 0. The monoisotopic (exact) mass is 312 g/mol.